The van der Waals surface area contributed by atoms with Crippen molar-refractivity contribution in [2.75, 3.05) is 0 Å². The van der Waals surface area contributed by atoms with Crippen molar-refractivity contribution in [3.8, 4) is 0 Å². The zero-order valence-electron chi connectivity index (χ0n) is 9.50. The quantitative estimate of drug-likeness (QED) is 0.512. The van der Waals surface area contributed by atoms with Crippen LogP contribution in [0.15, 0.2) is 57.7 Å². The molecule has 18 heavy (non-hydrogen) atoms. The number of hydrogen-bond acceptors (Lipinski definition) is 3. The highest BCUT2D eigenvalue weighted by Crippen LogP contribution is 2.19. The zero-order valence-corrected chi connectivity index (χ0v) is 10.3. The Balaban J connectivity index is 1.88. The number of allylic oxidation sites excluding steroid dienone is 1. The van der Waals surface area contributed by atoms with Crippen LogP contribution in [0.25, 0.3) is 17.0 Å². The molecule has 0 bridgehead atoms. The Hall–Kier alpha value is -2.13. The first kappa shape index (κ1) is 11.0. The summed E-state index contributed by atoms with van der Waals surface area (Å²) < 4.78 is 5.50. The van der Waals surface area contributed by atoms with E-state index in [2.05, 4.69) is 0 Å². The number of hydrogen-bond donors (Lipinski definition) is 0. The lowest BCUT2D eigenvalue weighted by Crippen LogP contribution is -1.89. The molecule has 3 aromatic rings. The number of fused-ring (bicyclic) bond motifs is 1. The molecule has 2 aromatic heterocycles. The van der Waals surface area contributed by atoms with Crippen molar-refractivity contribution in [3.63, 3.8) is 0 Å². The summed E-state index contributed by atoms with van der Waals surface area (Å²) in [6, 6.07) is 11.3. The van der Waals surface area contributed by atoms with Crippen molar-refractivity contribution in [2.45, 2.75) is 0 Å². The third-order valence-corrected chi connectivity index (χ3v) is 3.34. The van der Waals surface area contributed by atoms with E-state index in [0.717, 1.165) is 16.5 Å². The van der Waals surface area contributed by atoms with Crippen LogP contribution in [-0.4, -0.2) is 5.78 Å². The summed E-state index contributed by atoms with van der Waals surface area (Å²) >= 11 is 1.60. The lowest BCUT2D eigenvalue weighted by atomic mass is 10.2. The van der Waals surface area contributed by atoms with E-state index in [1.54, 1.807) is 29.6 Å². The first-order valence-electron chi connectivity index (χ1n) is 5.56. The van der Waals surface area contributed by atoms with E-state index < -0.39 is 0 Å². The van der Waals surface area contributed by atoms with Crippen LogP contribution in [0, 0.1) is 0 Å². The average Bonchev–Trinajstić information content (AvgIpc) is 3.04. The fraction of sp³-hybridized carbons (Fsp3) is 0. The molecule has 0 aliphatic heterocycles. The number of furan rings is 1. The highest BCUT2D eigenvalue weighted by atomic mass is 32.1. The SMILES string of the molecule is O=C(C=Cc1ccsc1)c1cc2ccccc2o1. The first-order chi connectivity index (χ1) is 8.83. The van der Waals surface area contributed by atoms with Crippen LogP contribution in [0.4, 0.5) is 0 Å². The maximum Gasteiger partial charge on any atom is 0.221 e. The number of ketones is 1. The Morgan fingerprint density at radius 3 is 2.89 bits per heavy atom. The third-order valence-electron chi connectivity index (χ3n) is 2.64. The molecule has 0 radical (unpaired) electrons. The summed E-state index contributed by atoms with van der Waals surface area (Å²) in [6.45, 7) is 0. The predicted molar refractivity (Wildman–Crippen MR) is 73.9 cm³/mol. The molecule has 2 nitrogen and oxygen atoms in total. The van der Waals surface area contributed by atoms with Gasteiger partial charge in [-0.1, -0.05) is 24.3 Å². The van der Waals surface area contributed by atoms with Gasteiger partial charge in [-0.05, 0) is 40.6 Å². The number of carbonyl (C=O) groups excluding carboxylic acids is 1. The lowest BCUT2D eigenvalue weighted by molar-refractivity contribution is 0.102. The van der Waals surface area contributed by atoms with E-state index in [1.807, 2.05) is 41.1 Å². The number of para-hydroxylation sites is 1. The van der Waals surface area contributed by atoms with Gasteiger partial charge in [0.1, 0.15) is 5.58 Å². The van der Waals surface area contributed by atoms with E-state index in [1.165, 1.54) is 0 Å². The van der Waals surface area contributed by atoms with E-state index in [0.29, 0.717) is 5.76 Å². The predicted octanol–water partition coefficient (Wildman–Crippen LogP) is 4.39. The van der Waals surface area contributed by atoms with Crippen molar-refractivity contribution in [2.24, 2.45) is 0 Å². The Morgan fingerprint density at radius 2 is 2.11 bits per heavy atom. The van der Waals surface area contributed by atoms with Gasteiger partial charge in [0.2, 0.25) is 5.78 Å². The molecule has 3 heteroatoms. The van der Waals surface area contributed by atoms with Gasteiger partial charge in [0.25, 0.3) is 0 Å². The summed E-state index contributed by atoms with van der Waals surface area (Å²) in [6.07, 6.45) is 3.34. The van der Waals surface area contributed by atoms with E-state index in [-0.39, 0.29) is 5.78 Å². The second kappa shape index (κ2) is 4.63. The maximum absolute atomic E-state index is 11.9. The molecule has 0 saturated carbocycles. The Morgan fingerprint density at radius 1 is 1.22 bits per heavy atom. The van der Waals surface area contributed by atoms with Gasteiger partial charge in [-0.3, -0.25) is 4.79 Å². The minimum Gasteiger partial charge on any atom is -0.453 e. The van der Waals surface area contributed by atoms with Gasteiger partial charge in [0, 0.05) is 5.39 Å². The summed E-state index contributed by atoms with van der Waals surface area (Å²) in [5.74, 6) is 0.264. The summed E-state index contributed by atoms with van der Waals surface area (Å²) in [5.41, 5.74) is 1.77. The van der Waals surface area contributed by atoms with Gasteiger partial charge in [-0.25, -0.2) is 0 Å². The smallest absolute Gasteiger partial charge is 0.221 e. The third kappa shape index (κ3) is 2.13. The number of carbonyl (C=O) groups is 1. The molecule has 0 fully saturated rings. The highest BCUT2D eigenvalue weighted by Gasteiger charge is 2.08. The van der Waals surface area contributed by atoms with Crippen molar-refractivity contribution >= 4 is 34.2 Å². The van der Waals surface area contributed by atoms with Crippen LogP contribution >= 0.6 is 11.3 Å². The van der Waals surface area contributed by atoms with E-state index >= 15 is 0 Å². The molecule has 0 aliphatic carbocycles. The zero-order chi connectivity index (χ0) is 12.4. The number of thiophene rings is 1. The first-order valence-corrected chi connectivity index (χ1v) is 6.50. The fourth-order valence-corrected chi connectivity index (χ4v) is 2.36. The highest BCUT2D eigenvalue weighted by molar-refractivity contribution is 7.08. The Bertz CT molecular complexity index is 672. The van der Waals surface area contributed by atoms with Crippen LogP contribution in [0.3, 0.4) is 0 Å². The molecule has 0 aliphatic rings. The van der Waals surface area contributed by atoms with E-state index in [4.69, 9.17) is 4.42 Å². The maximum atomic E-state index is 11.9. The molecule has 0 saturated heterocycles. The van der Waals surface area contributed by atoms with Crippen LogP contribution in [0.1, 0.15) is 16.1 Å². The Labute approximate surface area is 108 Å². The van der Waals surface area contributed by atoms with Crippen molar-refractivity contribution in [1.82, 2.24) is 0 Å². The van der Waals surface area contributed by atoms with Crippen molar-refractivity contribution < 1.29 is 9.21 Å². The molecule has 0 atom stereocenters. The molecular formula is C15H10O2S. The largest absolute Gasteiger partial charge is 0.453 e. The number of rotatable bonds is 3. The van der Waals surface area contributed by atoms with Crippen LogP contribution in [0.5, 0.6) is 0 Å². The number of benzene rings is 1. The van der Waals surface area contributed by atoms with Crippen LogP contribution in [-0.2, 0) is 0 Å². The molecule has 0 spiro atoms. The summed E-state index contributed by atoms with van der Waals surface area (Å²) in [4.78, 5) is 11.9. The Kier molecular flexibility index (Phi) is 2.82. The minimum absolute atomic E-state index is 0.114. The summed E-state index contributed by atoms with van der Waals surface area (Å²) in [7, 11) is 0. The standard InChI is InChI=1S/C15H10O2S/c16-13(6-5-11-7-8-18-10-11)15-9-12-3-1-2-4-14(12)17-15/h1-10H. The molecule has 88 valence electrons. The normalized spacial score (nSPS) is 11.3. The fourth-order valence-electron chi connectivity index (χ4n) is 1.73. The molecule has 0 N–H and O–H groups in total. The molecule has 0 unspecified atom stereocenters. The van der Waals surface area contributed by atoms with Gasteiger partial charge in [-0.15, -0.1) is 0 Å². The molecule has 1 aromatic carbocycles. The van der Waals surface area contributed by atoms with Gasteiger partial charge in [0.05, 0.1) is 0 Å². The monoisotopic (exact) mass is 254 g/mol. The topological polar surface area (TPSA) is 30.2 Å². The molecular weight excluding hydrogens is 244 g/mol. The van der Waals surface area contributed by atoms with Gasteiger partial charge < -0.3 is 4.42 Å². The second-order valence-electron chi connectivity index (χ2n) is 3.90. The summed E-state index contributed by atoms with van der Waals surface area (Å²) in [5, 5.41) is 4.91. The van der Waals surface area contributed by atoms with Gasteiger partial charge >= 0.3 is 0 Å². The van der Waals surface area contributed by atoms with Crippen molar-refractivity contribution in [3.05, 3.63) is 64.6 Å². The molecule has 3 rings (SSSR count). The second-order valence-corrected chi connectivity index (χ2v) is 4.68. The average molecular weight is 254 g/mol. The lowest BCUT2D eigenvalue weighted by Gasteiger charge is -1.87. The van der Waals surface area contributed by atoms with Crippen LogP contribution in [0.2, 0.25) is 0 Å². The van der Waals surface area contributed by atoms with Crippen molar-refractivity contribution in [1.29, 1.82) is 0 Å². The van der Waals surface area contributed by atoms with Gasteiger partial charge in [0.15, 0.2) is 5.76 Å². The minimum atomic E-state index is -0.114. The van der Waals surface area contributed by atoms with Gasteiger partial charge in [-0.2, -0.15) is 11.3 Å². The van der Waals surface area contributed by atoms with Crippen LogP contribution < -0.4 is 0 Å². The molecule has 2 heterocycles. The molecule has 0 amide bonds. The van der Waals surface area contributed by atoms with E-state index in [9.17, 15) is 4.79 Å².